The van der Waals surface area contributed by atoms with Gasteiger partial charge in [-0.2, -0.15) is 0 Å². The number of benzene rings is 2. The van der Waals surface area contributed by atoms with Crippen molar-refractivity contribution in [2.75, 3.05) is 38.6 Å². The van der Waals surface area contributed by atoms with E-state index in [1.807, 2.05) is 6.07 Å². The number of hydrogen-bond donors (Lipinski definition) is 2. The molecule has 25 heavy (non-hydrogen) atoms. The van der Waals surface area contributed by atoms with Crippen LogP contribution in [0.3, 0.4) is 0 Å². The van der Waals surface area contributed by atoms with Crippen molar-refractivity contribution < 1.29 is 4.74 Å². The maximum absolute atomic E-state index is 5.44. The number of nitrogens with zero attached hydrogens (tertiary/aromatic N) is 1. The van der Waals surface area contributed by atoms with Gasteiger partial charge in [0.25, 0.3) is 0 Å². The summed E-state index contributed by atoms with van der Waals surface area (Å²) in [4.78, 5) is 2.55. The molecule has 1 heterocycles. The van der Waals surface area contributed by atoms with E-state index >= 15 is 0 Å². The average Bonchev–Trinajstić information content (AvgIpc) is 2.63. The van der Waals surface area contributed by atoms with Gasteiger partial charge < -0.3 is 15.4 Å². The van der Waals surface area contributed by atoms with Gasteiger partial charge in [-0.15, -0.1) is 0 Å². The van der Waals surface area contributed by atoms with Crippen molar-refractivity contribution in [3.05, 3.63) is 59.7 Å². The summed E-state index contributed by atoms with van der Waals surface area (Å²) in [6.07, 6.45) is 1.10. The highest BCUT2D eigenvalue weighted by Crippen LogP contribution is 2.25. The highest BCUT2D eigenvalue weighted by molar-refractivity contribution is 5.57. The van der Waals surface area contributed by atoms with Crippen molar-refractivity contribution in [1.29, 1.82) is 0 Å². The third kappa shape index (κ3) is 5.21. The van der Waals surface area contributed by atoms with Crippen LogP contribution in [0.2, 0.25) is 0 Å². The lowest BCUT2D eigenvalue weighted by Gasteiger charge is -2.34. The molecule has 2 aromatic carbocycles. The van der Waals surface area contributed by atoms with Crippen molar-refractivity contribution in [2.45, 2.75) is 25.9 Å². The van der Waals surface area contributed by atoms with Gasteiger partial charge in [-0.1, -0.05) is 36.4 Å². The minimum Gasteiger partial charge on any atom is -0.495 e. The molecule has 4 heteroatoms. The van der Waals surface area contributed by atoms with Crippen LogP contribution in [0, 0.1) is 6.92 Å². The Balaban J connectivity index is 1.48. The van der Waals surface area contributed by atoms with E-state index in [0.717, 1.165) is 50.6 Å². The van der Waals surface area contributed by atoms with Crippen LogP contribution in [-0.4, -0.2) is 44.2 Å². The number of ether oxygens (including phenoxy) is 1. The zero-order valence-corrected chi connectivity index (χ0v) is 15.3. The first-order valence-corrected chi connectivity index (χ1v) is 9.13. The third-order valence-corrected chi connectivity index (χ3v) is 4.75. The van der Waals surface area contributed by atoms with Crippen LogP contribution in [0.1, 0.15) is 17.5 Å². The number of nitrogens with one attached hydrogen (secondary N) is 2. The number of methoxy groups -OCH3 is 1. The van der Waals surface area contributed by atoms with Gasteiger partial charge in [-0.3, -0.25) is 4.90 Å². The lowest BCUT2D eigenvalue weighted by molar-refractivity contribution is 0.189. The minimum atomic E-state index is 0.528. The Morgan fingerprint density at radius 1 is 1.20 bits per heavy atom. The molecule has 1 aliphatic heterocycles. The lowest BCUT2D eigenvalue weighted by atomic mass is 10.1. The first kappa shape index (κ1) is 17.8. The van der Waals surface area contributed by atoms with Crippen LogP contribution in [0.15, 0.2) is 48.5 Å². The largest absolute Gasteiger partial charge is 0.495 e. The quantitative estimate of drug-likeness (QED) is 0.812. The summed E-state index contributed by atoms with van der Waals surface area (Å²) in [5.74, 6) is 0.910. The molecule has 3 rings (SSSR count). The standard InChI is InChI=1S/C21H29N3O/c1-17-8-9-21(25-2)20(14-17)23-11-10-19-16-24(13-12-22-19)15-18-6-4-3-5-7-18/h3-9,14,19,22-23H,10-13,15-16H2,1-2H3. The van der Waals surface area contributed by atoms with E-state index in [1.54, 1.807) is 7.11 Å². The summed E-state index contributed by atoms with van der Waals surface area (Å²) >= 11 is 0. The van der Waals surface area contributed by atoms with E-state index in [-0.39, 0.29) is 0 Å². The molecule has 0 saturated carbocycles. The summed E-state index contributed by atoms with van der Waals surface area (Å²) < 4.78 is 5.44. The van der Waals surface area contributed by atoms with E-state index in [0.29, 0.717) is 6.04 Å². The average molecular weight is 339 g/mol. The maximum Gasteiger partial charge on any atom is 0.141 e. The molecule has 0 spiro atoms. The van der Waals surface area contributed by atoms with Crippen molar-refractivity contribution in [3.8, 4) is 5.75 Å². The molecular weight excluding hydrogens is 310 g/mol. The van der Waals surface area contributed by atoms with E-state index < -0.39 is 0 Å². The van der Waals surface area contributed by atoms with E-state index in [4.69, 9.17) is 4.74 Å². The zero-order chi connectivity index (χ0) is 17.5. The van der Waals surface area contributed by atoms with Crippen LogP contribution in [0.5, 0.6) is 5.75 Å². The van der Waals surface area contributed by atoms with Crippen molar-refractivity contribution in [2.24, 2.45) is 0 Å². The number of anilines is 1. The molecule has 2 N–H and O–H groups in total. The topological polar surface area (TPSA) is 36.5 Å². The molecule has 0 amide bonds. The number of piperazine rings is 1. The fourth-order valence-corrected chi connectivity index (χ4v) is 3.41. The highest BCUT2D eigenvalue weighted by atomic mass is 16.5. The number of aryl methyl sites for hydroxylation is 1. The molecule has 1 atom stereocenters. The van der Waals surface area contributed by atoms with E-state index in [9.17, 15) is 0 Å². The van der Waals surface area contributed by atoms with E-state index in [1.165, 1.54) is 11.1 Å². The van der Waals surface area contributed by atoms with E-state index in [2.05, 4.69) is 64.9 Å². The first-order valence-electron chi connectivity index (χ1n) is 9.13. The smallest absolute Gasteiger partial charge is 0.141 e. The number of rotatable bonds is 7. The highest BCUT2D eigenvalue weighted by Gasteiger charge is 2.19. The molecule has 134 valence electrons. The summed E-state index contributed by atoms with van der Waals surface area (Å²) in [5, 5.41) is 7.18. The van der Waals surface area contributed by atoms with Gasteiger partial charge in [0.2, 0.25) is 0 Å². The van der Waals surface area contributed by atoms with Crippen LogP contribution in [-0.2, 0) is 6.54 Å². The fourth-order valence-electron chi connectivity index (χ4n) is 3.41. The second kappa shape index (κ2) is 8.88. The maximum atomic E-state index is 5.44. The number of hydrogen-bond acceptors (Lipinski definition) is 4. The molecule has 0 aromatic heterocycles. The lowest BCUT2D eigenvalue weighted by Crippen LogP contribution is -2.50. The van der Waals surface area contributed by atoms with Gasteiger partial charge in [-0.05, 0) is 36.6 Å². The SMILES string of the molecule is COc1ccc(C)cc1NCCC1CN(Cc2ccccc2)CCN1. The van der Waals surface area contributed by atoms with Gasteiger partial charge in [0.15, 0.2) is 0 Å². The van der Waals surface area contributed by atoms with Gasteiger partial charge in [0.05, 0.1) is 12.8 Å². The predicted octanol–water partition coefficient (Wildman–Crippen LogP) is 3.28. The second-order valence-corrected chi connectivity index (χ2v) is 6.79. The monoisotopic (exact) mass is 339 g/mol. The van der Waals surface area contributed by atoms with Crippen LogP contribution < -0.4 is 15.4 Å². The van der Waals surface area contributed by atoms with Crippen LogP contribution in [0.4, 0.5) is 5.69 Å². The molecule has 2 aromatic rings. The molecular formula is C21H29N3O. The summed E-state index contributed by atoms with van der Waals surface area (Å²) in [7, 11) is 1.72. The second-order valence-electron chi connectivity index (χ2n) is 6.79. The Morgan fingerprint density at radius 3 is 2.84 bits per heavy atom. The molecule has 1 saturated heterocycles. The van der Waals surface area contributed by atoms with Crippen LogP contribution >= 0.6 is 0 Å². The Bertz CT molecular complexity index is 659. The molecule has 1 aliphatic rings. The summed E-state index contributed by atoms with van der Waals surface area (Å²) in [5.41, 5.74) is 3.72. The zero-order valence-electron chi connectivity index (χ0n) is 15.3. The molecule has 4 nitrogen and oxygen atoms in total. The van der Waals surface area contributed by atoms with Gasteiger partial charge in [-0.25, -0.2) is 0 Å². The Kier molecular flexibility index (Phi) is 6.31. The van der Waals surface area contributed by atoms with Crippen LogP contribution in [0.25, 0.3) is 0 Å². The summed E-state index contributed by atoms with van der Waals surface area (Å²) in [6, 6.07) is 17.5. The third-order valence-electron chi connectivity index (χ3n) is 4.75. The van der Waals surface area contributed by atoms with Crippen molar-refractivity contribution in [3.63, 3.8) is 0 Å². The molecule has 0 bridgehead atoms. The molecule has 0 radical (unpaired) electrons. The van der Waals surface area contributed by atoms with Crippen molar-refractivity contribution >= 4 is 5.69 Å². The Morgan fingerprint density at radius 2 is 2.04 bits per heavy atom. The van der Waals surface area contributed by atoms with Gasteiger partial charge >= 0.3 is 0 Å². The Hall–Kier alpha value is -2.04. The molecule has 0 aliphatic carbocycles. The summed E-state index contributed by atoms with van der Waals surface area (Å²) in [6.45, 7) is 7.36. The van der Waals surface area contributed by atoms with Gasteiger partial charge in [0.1, 0.15) is 5.75 Å². The molecule has 1 fully saturated rings. The normalized spacial score (nSPS) is 18.1. The minimum absolute atomic E-state index is 0.528. The Labute approximate surface area is 151 Å². The first-order chi connectivity index (χ1) is 12.2. The van der Waals surface area contributed by atoms with Gasteiger partial charge in [0, 0.05) is 38.8 Å². The predicted molar refractivity (Wildman–Crippen MR) is 104 cm³/mol. The molecule has 1 unspecified atom stereocenters. The van der Waals surface area contributed by atoms with Crippen molar-refractivity contribution in [1.82, 2.24) is 10.2 Å². The fraction of sp³-hybridized carbons (Fsp3) is 0.429.